The van der Waals surface area contributed by atoms with E-state index in [-0.39, 0.29) is 33.0 Å². The highest BCUT2D eigenvalue weighted by molar-refractivity contribution is 6.67. The van der Waals surface area contributed by atoms with Gasteiger partial charge in [0.15, 0.2) is 11.5 Å². The van der Waals surface area contributed by atoms with Gasteiger partial charge < -0.3 is 0 Å². The highest BCUT2D eigenvalue weighted by Crippen LogP contribution is 2.35. The molecule has 31 heavy (non-hydrogen) atoms. The first-order valence-electron chi connectivity index (χ1n) is 8.50. The third kappa shape index (κ3) is 5.56. The molecule has 0 unspecified atom stereocenters. The Kier molecular flexibility index (Phi) is 7.37. The van der Waals surface area contributed by atoms with Gasteiger partial charge in [-0.2, -0.15) is 36.5 Å². The number of alkyl halides is 6. The van der Waals surface area contributed by atoms with Crippen molar-refractivity contribution in [1.82, 2.24) is 24.5 Å². The minimum absolute atomic E-state index is 0.0445. The summed E-state index contributed by atoms with van der Waals surface area (Å²) in [7, 11) is 0. The molecule has 0 aliphatic heterocycles. The van der Waals surface area contributed by atoms with Gasteiger partial charge in [-0.05, 0) is 29.8 Å². The summed E-state index contributed by atoms with van der Waals surface area (Å²) >= 11 is 11.4. The highest BCUT2D eigenvalue weighted by atomic mass is 35.5. The number of aromatic nitrogens is 5. The standard InChI is InChI=1S/C15H7Cl2F6N5O.C2H6/c16-8-2-1-3-24-13(8)28-9(12(17)29)4-7(25-28)6-27-11(15(21,22)23)5-10(26-27)14(18,19)20;1-2/h1-5H,6H2;1-2H3. The molecule has 0 spiro atoms. The Morgan fingerprint density at radius 2 is 1.71 bits per heavy atom. The summed E-state index contributed by atoms with van der Waals surface area (Å²) in [4.78, 5) is 15.6. The van der Waals surface area contributed by atoms with Gasteiger partial charge in [0, 0.05) is 12.3 Å². The molecule has 168 valence electrons. The molecule has 0 aliphatic rings. The summed E-state index contributed by atoms with van der Waals surface area (Å²) in [6.45, 7) is 3.18. The monoisotopic (exact) mass is 487 g/mol. The first-order chi connectivity index (χ1) is 14.4. The number of hydrogen-bond donors (Lipinski definition) is 0. The van der Waals surface area contributed by atoms with Crippen LogP contribution in [0, 0.1) is 0 Å². The Bertz CT molecular complexity index is 1070. The van der Waals surface area contributed by atoms with Gasteiger partial charge in [0.05, 0.1) is 17.3 Å². The van der Waals surface area contributed by atoms with Crippen LogP contribution in [0.4, 0.5) is 26.3 Å². The number of rotatable bonds is 4. The van der Waals surface area contributed by atoms with Crippen molar-refractivity contribution in [3.8, 4) is 5.82 Å². The SMILES string of the molecule is CC.O=C(Cl)c1cc(Cn2nc(C(F)(F)F)cc2C(F)(F)F)nn1-c1ncccc1Cl. The molecule has 0 aromatic carbocycles. The van der Waals surface area contributed by atoms with Crippen molar-refractivity contribution in [3.63, 3.8) is 0 Å². The van der Waals surface area contributed by atoms with E-state index in [4.69, 9.17) is 23.2 Å². The predicted molar refractivity (Wildman–Crippen MR) is 99.2 cm³/mol. The summed E-state index contributed by atoms with van der Waals surface area (Å²) < 4.78 is 78.8. The number of carbonyl (C=O) groups excluding carboxylic acids is 1. The van der Waals surface area contributed by atoms with Crippen LogP contribution >= 0.6 is 23.2 Å². The van der Waals surface area contributed by atoms with E-state index in [2.05, 4.69) is 15.2 Å². The molecule has 0 fully saturated rings. The zero-order valence-corrected chi connectivity index (χ0v) is 17.3. The Hall–Kier alpha value is -2.60. The Labute approximate surface area is 181 Å². The molecule has 0 N–H and O–H groups in total. The van der Waals surface area contributed by atoms with Crippen LogP contribution in [0.2, 0.25) is 5.02 Å². The van der Waals surface area contributed by atoms with Crippen molar-refractivity contribution < 1.29 is 31.1 Å². The van der Waals surface area contributed by atoms with Gasteiger partial charge in [0.2, 0.25) is 0 Å². The summed E-state index contributed by atoms with van der Waals surface area (Å²) in [5.41, 5.74) is -3.86. The van der Waals surface area contributed by atoms with E-state index in [1.165, 1.54) is 18.3 Å². The Morgan fingerprint density at radius 1 is 1.06 bits per heavy atom. The summed E-state index contributed by atoms with van der Waals surface area (Å²) in [5, 5.41) is 5.91. The average Bonchev–Trinajstić information content (AvgIpc) is 3.28. The molecule has 14 heteroatoms. The van der Waals surface area contributed by atoms with Crippen molar-refractivity contribution in [1.29, 1.82) is 0 Å². The van der Waals surface area contributed by atoms with Crippen molar-refractivity contribution >= 4 is 28.4 Å². The zero-order chi connectivity index (χ0) is 23.6. The van der Waals surface area contributed by atoms with Gasteiger partial charge in [-0.25, -0.2) is 9.67 Å². The molecule has 0 aliphatic carbocycles. The van der Waals surface area contributed by atoms with Crippen LogP contribution in [0.25, 0.3) is 5.82 Å². The van der Waals surface area contributed by atoms with Gasteiger partial charge in [-0.3, -0.25) is 9.48 Å². The molecular formula is C17H13Cl2F6N5O. The number of hydrogen-bond acceptors (Lipinski definition) is 4. The lowest BCUT2D eigenvalue weighted by molar-refractivity contribution is -0.144. The molecule has 6 nitrogen and oxygen atoms in total. The largest absolute Gasteiger partial charge is 0.435 e. The fraction of sp³-hybridized carbons (Fsp3) is 0.294. The van der Waals surface area contributed by atoms with Crippen molar-refractivity contribution in [2.75, 3.05) is 0 Å². The lowest BCUT2D eigenvalue weighted by Crippen LogP contribution is -2.16. The van der Waals surface area contributed by atoms with Gasteiger partial charge >= 0.3 is 12.4 Å². The van der Waals surface area contributed by atoms with Crippen LogP contribution in [0.1, 0.15) is 41.4 Å². The third-order valence-corrected chi connectivity index (χ3v) is 4.06. The van der Waals surface area contributed by atoms with E-state index in [0.717, 1.165) is 10.7 Å². The van der Waals surface area contributed by atoms with Crippen molar-refractivity contribution in [3.05, 3.63) is 58.3 Å². The first kappa shape index (κ1) is 24.7. The smallest absolute Gasteiger partial charge is 0.274 e. The molecule has 0 amide bonds. The molecule has 3 aromatic heterocycles. The van der Waals surface area contributed by atoms with Crippen LogP contribution in [0.3, 0.4) is 0 Å². The molecule has 3 rings (SSSR count). The molecule has 3 aromatic rings. The van der Waals surface area contributed by atoms with Gasteiger partial charge in [-0.15, -0.1) is 0 Å². The second-order valence-electron chi connectivity index (χ2n) is 5.58. The predicted octanol–water partition coefficient (Wildman–Crippen LogP) is 5.61. The summed E-state index contributed by atoms with van der Waals surface area (Å²) in [6, 6.07) is 3.80. The lowest BCUT2D eigenvalue weighted by Gasteiger charge is -2.08. The van der Waals surface area contributed by atoms with Crippen molar-refractivity contribution in [2.24, 2.45) is 0 Å². The Morgan fingerprint density at radius 3 is 2.23 bits per heavy atom. The molecule has 0 bridgehead atoms. The molecule has 0 radical (unpaired) electrons. The van der Waals surface area contributed by atoms with Crippen LogP contribution < -0.4 is 0 Å². The van der Waals surface area contributed by atoms with E-state index in [0.29, 0.717) is 0 Å². The average molecular weight is 488 g/mol. The van der Waals surface area contributed by atoms with E-state index in [9.17, 15) is 31.1 Å². The van der Waals surface area contributed by atoms with Crippen LogP contribution in [0.5, 0.6) is 0 Å². The molecular weight excluding hydrogens is 475 g/mol. The zero-order valence-electron chi connectivity index (χ0n) is 15.8. The third-order valence-electron chi connectivity index (χ3n) is 3.57. The van der Waals surface area contributed by atoms with Gasteiger partial charge in [-0.1, -0.05) is 25.4 Å². The highest BCUT2D eigenvalue weighted by Gasteiger charge is 2.42. The van der Waals surface area contributed by atoms with Gasteiger partial charge in [0.25, 0.3) is 5.24 Å². The molecule has 0 saturated heterocycles. The van der Waals surface area contributed by atoms with Crippen molar-refractivity contribution in [2.45, 2.75) is 32.7 Å². The topological polar surface area (TPSA) is 65.6 Å². The first-order valence-corrected chi connectivity index (χ1v) is 9.25. The number of carbonyl (C=O) groups is 1. The lowest BCUT2D eigenvalue weighted by atomic mass is 10.3. The van der Waals surface area contributed by atoms with Crippen LogP contribution in [-0.2, 0) is 18.9 Å². The second kappa shape index (κ2) is 9.27. The fourth-order valence-corrected chi connectivity index (χ4v) is 2.74. The van der Waals surface area contributed by atoms with Crippen LogP contribution in [-0.4, -0.2) is 29.8 Å². The van der Waals surface area contributed by atoms with E-state index in [1.807, 2.05) is 13.8 Å². The van der Waals surface area contributed by atoms with E-state index >= 15 is 0 Å². The fourth-order valence-electron chi connectivity index (χ4n) is 2.40. The minimum Gasteiger partial charge on any atom is -0.274 e. The maximum atomic E-state index is 13.1. The molecule has 3 heterocycles. The van der Waals surface area contributed by atoms with Crippen LogP contribution in [0.15, 0.2) is 30.5 Å². The second-order valence-corrected chi connectivity index (χ2v) is 6.33. The molecule has 0 saturated carbocycles. The summed E-state index contributed by atoms with van der Waals surface area (Å²) in [6.07, 6.45) is -8.87. The maximum absolute atomic E-state index is 13.1. The number of halogens is 8. The number of pyridine rings is 1. The Balaban J connectivity index is 0.00000166. The van der Waals surface area contributed by atoms with Gasteiger partial charge in [0.1, 0.15) is 11.4 Å². The van der Waals surface area contributed by atoms with E-state index in [1.54, 1.807) is 0 Å². The minimum atomic E-state index is -5.10. The summed E-state index contributed by atoms with van der Waals surface area (Å²) in [5.74, 6) is -0.0445. The number of nitrogens with zero attached hydrogens (tertiary/aromatic N) is 5. The normalized spacial score (nSPS) is 11.8. The molecule has 0 atom stereocenters. The van der Waals surface area contributed by atoms with E-state index < -0.39 is 35.5 Å². The quantitative estimate of drug-likeness (QED) is 0.354. The maximum Gasteiger partial charge on any atom is 0.435 e.